The van der Waals surface area contributed by atoms with Crippen LogP contribution >= 0.6 is 35.6 Å². The van der Waals surface area contributed by atoms with Crippen molar-refractivity contribution in [2.24, 2.45) is 0 Å². The van der Waals surface area contributed by atoms with Gasteiger partial charge < -0.3 is 10.1 Å². The standard InChI is InChI=1S/C27H23ClN2O3S2/c1-3-18-7-10-20(11-8-18)29-25(31)16-33-23-12-9-19(14-22(23)28)15-24-26(32)30(27(34)35-24)21-6-4-5-17(2)13-21/h4-15H,3,16H2,1-2H3,(H,29,31)/b24-15-. The van der Waals surface area contributed by atoms with Crippen LogP contribution in [0, 0.1) is 6.92 Å². The van der Waals surface area contributed by atoms with E-state index in [1.807, 2.05) is 55.5 Å². The lowest BCUT2D eigenvalue weighted by molar-refractivity contribution is -0.118. The third-order valence-corrected chi connectivity index (χ3v) is 6.91. The summed E-state index contributed by atoms with van der Waals surface area (Å²) in [5.74, 6) is -0.0764. The number of carbonyl (C=O) groups is 2. The fourth-order valence-corrected chi connectivity index (χ4v) is 5.04. The summed E-state index contributed by atoms with van der Waals surface area (Å²) in [6.07, 6.45) is 2.68. The highest BCUT2D eigenvalue weighted by molar-refractivity contribution is 8.27. The lowest BCUT2D eigenvalue weighted by Crippen LogP contribution is -2.27. The minimum Gasteiger partial charge on any atom is -0.482 e. The molecule has 0 radical (unpaired) electrons. The van der Waals surface area contributed by atoms with Gasteiger partial charge in [-0.1, -0.05) is 72.8 Å². The van der Waals surface area contributed by atoms with Crippen molar-refractivity contribution in [3.63, 3.8) is 0 Å². The molecule has 0 unspecified atom stereocenters. The predicted octanol–water partition coefficient (Wildman–Crippen LogP) is 6.63. The Morgan fingerprint density at radius 1 is 1.14 bits per heavy atom. The Morgan fingerprint density at radius 3 is 2.60 bits per heavy atom. The van der Waals surface area contributed by atoms with Gasteiger partial charge in [-0.25, -0.2) is 0 Å². The maximum Gasteiger partial charge on any atom is 0.270 e. The average molecular weight is 523 g/mol. The zero-order valence-electron chi connectivity index (χ0n) is 19.2. The first-order chi connectivity index (χ1) is 16.8. The molecule has 1 heterocycles. The van der Waals surface area contributed by atoms with Crippen molar-refractivity contribution in [1.82, 2.24) is 0 Å². The first kappa shape index (κ1) is 25.0. The van der Waals surface area contributed by atoms with Crippen LogP contribution in [0.15, 0.2) is 71.6 Å². The molecule has 1 N–H and O–H groups in total. The van der Waals surface area contributed by atoms with Gasteiger partial charge in [0.2, 0.25) is 0 Å². The number of hydrogen-bond acceptors (Lipinski definition) is 5. The molecule has 4 rings (SSSR count). The number of aryl methyl sites for hydroxylation is 2. The molecule has 5 nitrogen and oxygen atoms in total. The Morgan fingerprint density at radius 2 is 1.91 bits per heavy atom. The second-order valence-corrected chi connectivity index (χ2v) is 10.0. The van der Waals surface area contributed by atoms with E-state index in [0.29, 0.717) is 25.7 Å². The second-order valence-electron chi connectivity index (χ2n) is 7.93. The van der Waals surface area contributed by atoms with Crippen LogP contribution in [-0.2, 0) is 16.0 Å². The molecular formula is C27H23ClN2O3S2. The zero-order valence-corrected chi connectivity index (χ0v) is 21.6. The number of thiocarbonyl (C=S) groups is 1. The Bertz CT molecular complexity index is 1320. The molecule has 0 bridgehead atoms. The van der Waals surface area contributed by atoms with E-state index in [1.54, 1.807) is 24.3 Å². The first-order valence-electron chi connectivity index (χ1n) is 11.0. The maximum absolute atomic E-state index is 13.0. The van der Waals surface area contributed by atoms with E-state index in [9.17, 15) is 9.59 Å². The third-order valence-electron chi connectivity index (χ3n) is 5.31. The lowest BCUT2D eigenvalue weighted by atomic mass is 10.1. The number of benzene rings is 3. The molecule has 1 fully saturated rings. The van der Waals surface area contributed by atoms with E-state index in [4.69, 9.17) is 28.6 Å². The van der Waals surface area contributed by atoms with E-state index < -0.39 is 0 Å². The van der Waals surface area contributed by atoms with Crippen LogP contribution in [0.3, 0.4) is 0 Å². The van der Waals surface area contributed by atoms with Crippen molar-refractivity contribution >= 4 is 69.2 Å². The highest BCUT2D eigenvalue weighted by Crippen LogP contribution is 2.37. The molecule has 1 aliphatic rings. The van der Waals surface area contributed by atoms with Crippen LogP contribution in [0.4, 0.5) is 11.4 Å². The van der Waals surface area contributed by atoms with Crippen LogP contribution in [0.5, 0.6) is 5.75 Å². The van der Waals surface area contributed by atoms with Crippen LogP contribution in [0.25, 0.3) is 6.08 Å². The van der Waals surface area contributed by atoms with Gasteiger partial charge in [-0.3, -0.25) is 14.5 Å². The highest BCUT2D eigenvalue weighted by atomic mass is 35.5. The first-order valence-corrected chi connectivity index (χ1v) is 12.6. The van der Waals surface area contributed by atoms with Gasteiger partial charge in [0.1, 0.15) is 5.75 Å². The quantitative estimate of drug-likeness (QED) is 0.278. The smallest absolute Gasteiger partial charge is 0.270 e. The van der Waals surface area contributed by atoms with Gasteiger partial charge in [0.25, 0.3) is 11.8 Å². The van der Waals surface area contributed by atoms with Crippen LogP contribution in [0.2, 0.25) is 5.02 Å². The monoisotopic (exact) mass is 522 g/mol. The number of nitrogens with zero attached hydrogens (tertiary/aromatic N) is 1. The highest BCUT2D eigenvalue weighted by Gasteiger charge is 2.33. The Hall–Kier alpha value is -3.13. The summed E-state index contributed by atoms with van der Waals surface area (Å²) in [7, 11) is 0. The van der Waals surface area contributed by atoms with Crippen molar-refractivity contribution in [1.29, 1.82) is 0 Å². The van der Waals surface area contributed by atoms with Gasteiger partial charge in [0, 0.05) is 5.69 Å². The van der Waals surface area contributed by atoms with Gasteiger partial charge in [0.05, 0.1) is 15.6 Å². The van der Waals surface area contributed by atoms with Crippen molar-refractivity contribution in [2.45, 2.75) is 20.3 Å². The number of ether oxygens (including phenoxy) is 1. The number of nitrogens with one attached hydrogen (secondary N) is 1. The summed E-state index contributed by atoms with van der Waals surface area (Å²) in [6, 6.07) is 20.5. The summed E-state index contributed by atoms with van der Waals surface area (Å²) in [4.78, 5) is 27.3. The Balaban J connectivity index is 1.40. The molecule has 2 amide bonds. The van der Waals surface area contributed by atoms with E-state index in [0.717, 1.165) is 23.2 Å². The fourth-order valence-electron chi connectivity index (χ4n) is 3.50. The summed E-state index contributed by atoms with van der Waals surface area (Å²) in [5.41, 5.74) is 4.43. The molecule has 35 heavy (non-hydrogen) atoms. The SMILES string of the molecule is CCc1ccc(NC(=O)COc2ccc(/C=C3\SC(=S)N(c4cccc(C)c4)C3=O)cc2Cl)cc1. The molecule has 178 valence electrons. The molecule has 0 spiro atoms. The number of anilines is 2. The Kier molecular flexibility index (Phi) is 7.90. The number of thioether (sulfide) groups is 1. The van der Waals surface area contributed by atoms with E-state index in [1.165, 1.54) is 22.2 Å². The molecule has 1 aliphatic heterocycles. The van der Waals surface area contributed by atoms with Gasteiger partial charge in [0.15, 0.2) is 10.9 Å². The molecule has 1 saturated heterocycles. The fraction of sp³-hybridized carbons (Fsp3) is 0.148. The average Bonchev–Trinajstić information content (AvgIpc) is 3.11. The van der Waals surface area contributed by atoms with Crippen molar-refractivity contribution < 1.29 is 14.3 Å². The minimum atomic E-state index is -0.283. The molecule has 3 aromatic carbocycles. The number of amides is 2. The molecule has 3 aromatic rings. The van der Waals surface area contributed by atoms with E-state index >= 15 is 0 Å². The summed E-state index contributed by atoms with van der Waals surface area (Å²) in [6.45, 7) is 3.87. The maximum atomic E-state index is 13.0. The number of hydrogen-bond donors (Lipinski definition) is 1. The largest absolute Gasteiger partial charge is 0.482 e. The number of rotatable bonds is 7. The van der Waals surface area contributed by atoms with Gasteiger partial charge in [-0.2, -0.15) is 0 Å². The Labute approximate surface area is 219 Å². The number of carbonyl (C=O) groups excluding carboxylic acids is 2. The molecule has 0 aliphatic carbocycles. The van der Waals surface area contributed by atoms with E-state index in [2.05, 4.69) is 12.2 Å². The van der Waals surface area contributed by atoms with Crippen molar-refractivity contribution in [2.75, 3.05) is 16.8 Å². The molecule has 0 atom stereocenters. The minimum absolute atomic E-state index is 0.175. The van der Waals surface area contributed by atoms with Crippen LogP contribution < -0.4 is 15.0 Å². The summed E-state index contributed by atoms with van der Waals surface area (Å²) >= 11 is 13.1. The van der Waals surface area contributed by atoms with Crippen molar-refractivity contribution in [3.8, 4) is 5.75 Å². The summed E-state index contributed by atoms with van der Waals surface area (Å²) < 4.78 is 6.08. The molecule has 0 aromatic heterocycles. The lowest BCUT2D eigenvalue weighted by Gasteiger charge is -2.14. The number of halogens is 1. The van der Waals surface area contributed by atoms with Crippen molar-refractivity contribution in [3.05, 3.63) is 93.3 Å². The predicted molar refractivity (Wildman–Crippen MR) is 148 cm³/mol. The second kappa shape index (κ2) is 11.1. The normalized spacial score (nSPS) is 14.5. The van der Waals surface area contributed by atoms with Gasteiger partial charge in [-0.05, 0) is 72.5 Å². The summed E-state index contributed by atoms with van der Waals surface area (Å²) in [5, 5.41) is 3.14. The van der Waals surface area contributed by atoms with Crippen LogP contribution in [-0.4, -0.2) is 22.7 Å². The van der Waals surface area contributed by atoms with Crippen LogP contribution in [0.1, 0.15) is 23.6 Å². The topological polar surface area (TPSA) is 58.6 Å². The van der Waals surface area contributed by atoms with Gasteiger partial charge >= 0.3 is 0 Å². The molecular weight excluding hydrogens is 500 g/mol. The molecule has 8 heteroatoms. The third kappa shape index (κ3) is 6.11. The molecule has 0 saturated carbocycles. The van der Waals surface area contributed by atoms with Gasteiger partial charge in [-0.15, -0.1) is 0 Å². The zero-order chi connectivity index (χ0) is 24.9. The van der Waals surface area contributed by atoms with E-state index in [-0.39, 0.29) is 18.4 Å².